The third-order valence-electron chi connectivity index (χ3n) is 3.03. The largest absolute Gasteiger partial charge is 0.385 e. The number of benzene rings is 1. The molecule has 0 spiro atoms. The van der Waals surface area contributed by atoms with Crippen molar-refractivity contribution in [1.82, 2.24) is 5.32 Å². The zero-order valence-corrected chi connectivity index (χ0v) is 9.42. The van der Waals surface area contributed by atoms with Crippen molar-refractivity contribution in [2.75, 3.05) is 25.0 Å². The molecule has 82 valence electrons. The number of nitrogens with one attached hydrogen (secondary N) is 2. The molecule has 0 aromatic heterocycles. The molecular formula is C13H20N2. The summed E-state index contributed by atoms with van der Waals surface area (Å²) < 4.78 is 0. The van der Waals surface area contributed by atoms with Gasteiger partial charge in [0.1, 0.15) is 0 Å². The monoisotopic (exact) mass is 204 g/mol. The van der Waals surface area contributed by atoms with E-state index in [2.05, 4.69) is 41.8 Å². The van der Waals surface area contributed by atoms with E-state index in [4.69, 9.17) is 0 Å². The molecule has 2 rings (SSSR count). The number of para-hydroxylation sites is 1. The molecule has 1 heterocycles. The highest BCUT2D eigenvalue weighted by molar-refractivity contribution is 5.54. The van der Waals surface area contributed by atoms with Crippen LogP contribution in [0.15, 0.2) is 24.3 Å². The molecule has 1 aromatic carbocycles. The van der Waals surface area contributed by atoms with E-state index in [0.717, 1.165) is 19.6 Å². The van der Waals surface area contributed by atoms with Crippen LogP contribution in [0.25, 0.3) is 0 Å². The highest BCUT2D eigenvalue weighted by Crippen LogP contribution is 2.30. The van der Waals surface area contributed by atoms with E-state index in [0.29, 0.717) is 5.92 Å². The van der Waals surface area contributed by atoms with Gasteiger partial charge in [-0.1, -0.05) is 25.1 Å². The third kappa shape index (κ3) is 2.51. The van der Waals surface area contributed by atoms with Gasteiger partial charge in [-0.15, -0.1) is 0 Å². The average Bonchev–Trinajstić information content (AvgIpc) is 2.30. The Balaban J connectivity index is 2.02. The lowest BCUT2D eigenvalue weighted by Gasteiger charge is -2.26. The van der Waals surface area contributed by atoms with Crippen molar-refractivity contribution in [1.29, 1.82) is 0 Å². The van der Waals surface area contributed by atoms with Gasteiger partial charge in [-0.25, -0.2) is 0 Å². The Hall–Kier alpha value is -1.02. The van der Waals surface area contributed by atoms with Crippen LogP contribution in [0.1, 0.15) is 31.2 Å². The Morgan fingerprint density at radius 1 is 1.40 bits per heavy atom. The molecule has 0 bridgehead atoms. The van der Waals surface area contributed by atoms with Gasteiger partial charge < -0.3 is 10.6 Å². The summed E-state index contributed by atoms with van der Waals surface area (Å²) in [5, 5.41) is 6.97. The van der Waals surface area contributed by atoms with E-state index in [1.165, 1.54) is 24.1 Å². The molecule has 2 nitrogen and oxygen atoms in total. The summed E-state index contributed by atoms with van der Waals surface area (Å²) in [6.07, 6.45) is 2.46. The molecule has 15 heavy (non-hydrogen) atoms. The normalized spacial score (nSPS) is 19.4. The molecule has 0 aliphatic carbocycles. The number of rotatable bonds is 4. The molecule has 1 aliphatic heterocycles. The van der Waals surface area contributed by atoms with Crippen LogP contribution in [0.2, 0.25) is 0 Å². The Bertz CT molecular complexity index is 309. The molecule has 1 aliphatic rings. The van der Waals surface area contributed by atoms with E-state index < -0.39 is 0 Å². The van der Waals surface area contributed by atoms with Crippen LogP contribution in [0.3, 0.4) is 0 Å². The molecule has 1 unspecified atom stereocenters. The van der Waals surface area contributed by atoms with Gasteiger partial charge in [-0.3, -0.25) is 0 Å². The lowest BCUT2D eigenvalue weighted by atomic mass is 9.91. The van der Waals surface area contributed by atoms with Crippen molar-refractivity contribution < 1.29 is 0 Å². The van der Waals surface area contributed by atoms with Crippen LogP contribution in [0, 0.1) is 0 Å². The number of hydrogen-bond acceptors (Lipinski definition) is 2. The SMILES string of the molecule is CCCNCC1CCNc2ccccc21. The maximum Gasteiger partial charge on any atom is 0.0376 e. The minimum Gasteiger partial charge on any atom is -0.385 e. The van der Waals surface area contributed by atoms with E-state index in [1.807, 2.05) is 0 Å². The van der Waals surface area contributed by atoms with Crippen LogP contribution in [-0.2, 0) is 0 Å². The second-order valence-electron chi connectivity index (χ2n) is 4.20. The number of hydrogen-bond donors (Lipinski definition) is 2. The Labute approximate surface area is 92.1 Å². The molecular weight excluding hydrogens is 184 g/mol. The standard InChI is InChI=1S/C13H20N2/c1-2-8-14-10-11-7-9-15-13-6-4-3-5-12(11)13/h3-6,11,14-15H,2,7-10H2,1H3. The summed E-state index contributed by atoms with van der Waals surface area (Å²) in [4.78, 5) is 0. The summed E-state index contributed by atoms with van der Waals surface area (Å²) in [6, 6.07) is 8.67. The number of fused-ring (bicyclic) bond motifs is 1. The van der Waals surface area contributed by atoms with Crippen molar-refractivity contribution in [2.45, 2.75) is 25.7 Å². The topological polar surface area (TPSA) is 24.1 Å². The van der Waals surface area contributed by atoms with Crippen molar-refractivity contribution in [3.05, 3.63) is 29.8 Å². The van der Waals surface area contributed by atoms with Gasteiger partial charge in [0.15, 0.2) is 0 Å². The lowest BCUT2D eigenvalue weighted by molar-refractivity contribution is 0.550. The van der Waals surface area contributed by atoms with Crippen molar-refractivity contribution in [3.63, 3.8) is 0 Å². The van der Waals surface area contributed by atoms with Crippen LogP contribution >= 0.6 is 0 Å². The van der Waals surface area contributed by atoms with Gasteiger partial charge in [0.05, 0.1) is 0 Å². The van der Waals surface area contributed by atoms with Crippen molar-refractivity contribution >= 4 is 5.69 Å². The molecule has 2 N–H and O–H groups in total. The van der Waals surface area contributed by atoms with Gasteiger partial charge in [0.25, 0.3) is 0 Å². The first-order valence-electron chi connectivity index (χ1n) is 5.95. The molecule has 0 saturated heterocycles. The van der Waals surface area contributed by atoms with Gasteiger partial charge >= 0.3 is 0 Å². The molecule has 1 aromatic rings. The first-order valence-corrected chi connectivity index (χ1v) is 5.95. The van der Waals surface area contributed by atoms with Crippen molar-refractivity contribution in [3.8, 4) is 0 Å². The quantitative estimate of drug-likeness (QED) is 0.737. The Morgan fingerprint density at radius 2 is 2.27 bits per heavy atom. The van der Waals surface area contributed by atoms with Gasteiger partial charge in [-0.2, -0.15) is 0 Å². The zero-order chi connectivity index (χ0) is 10.5. The molecule has 0 fully saturated rings. The van der Waals surface area contributed by atoms with Crippen LogP contribution in [-0.4, -0.2) is 19.6 Å². The maximum absolute atomic E-state index is 3.52. The molecule has 0 radical (unpaired) electrons. The Morgan fingerprint density at radius 3 is 3.13 bits per heavy atom. The maximum atomic E-state index is 3.52. The fourth-order valence-electron chi connectivity index (χ4n) is 2.22. The van der Waals surface area contributed by atoms with E-state index in [1.54, 1.807) is 0 Å². The van der Waals surface area contributed by atoms with Gasteiger partial charge in [0, 0.05) is 24.7 Å². The first-order chi connectivity index (χ1) is 7.42. The Kier molecular flexibility index (Phi) is 3.62. The fourth-order valence-corrected chi connectivity index (χ4v) is 2.22. The summed E-state index contributed by atoms with van der Waals surface area (Å²) in [6.45, 7) is 5.57. The highest BCUT2D eigenvalue weighted by atomic mass is 14.9. The van der Waals surface area contributed by atoms with Gasteiger partial charge in [-0.05, 0) is 31.0 Å². The minimum atomic E-state index is 0.689. The van der Waals surface area contributed by atoms with Crippen molar-refractivity contribution in [2.24, 2.45) is 0 Å². The van der Waals surface area contributed by atoms with Crippen LogP contribution in [0.4, 0.5) is 5.69 Å². The third-order valence-corrected chi connectivity index (χ3v) is 3.03. The van der Waals surface area contributed by atoms with E-state index in [-0.39, 0.29) is 0 Å². The smallest absolute Gasteiger partial charge is 0.0376 e. The second-order valence-corrected chi connectivity index (χ2v) is 4.20. The average molecular weight is 204 g/mol. The van der Waals surface area contributed by atoms with Gasteiger partial charge in [0.2, 0.25) is 0 Å². The minimum absolute atomic E-state index is 0.689. The molecule has 2 heteroatoms. The summed E-state index contributed by atoms with van der Waals surface area (Å²) in [7, 11) is 0. The van der Waals surface area contributed by atoms with E-state index >= 15 is 0 Å². The second kappa shape index (κ2) is 5.17. The highest BCUT2D eigenvalue weighted by Gasteiger charge is 2.18. The van der Waals surface area contributed by atoms with Crippen LogP contribution in [0.5, 0.6) is 0 Å². The summed E-state index contributed by atoms with van der Waals surface area (Å²) >= 11 is 0. The summed E-state index contributed by atoms with van der Waals surface area (Å²) in [5.41, 5.74) is 2.81. The zero-order valence-electron chi connectivity index (χ0n) is 9.42. The fraction of sp³-hybridized carbons (Fsp3) is 0.538. The van der Waals surface area contributed by atoms with E-state index in [9.17, 15) is 0 Å². The first kappa shape index (κ1) is 10.5. The van der Waals surface area contributed by atoms with Crippen LogP contribution < -0.4 is 10.6 Å². The molecule has 1 atom stereocenters. The predicted octanol–water partition coefficient (Wildman–Crippen LogP) is 2.59. The molecule has 0 saturated carbocycles. The summed E-state index contributed by atoms with van der Waals surface area (Å²) in [5.74, 6) is 0.689. The lowest BCUT2D eigenvalue weighted by Crippen LogP contribution is -2.27. The predicted molar refractivity (Wildman–Crippen MR) is 65.5 cm³/mol. The molecule has 0 amide bonds. The number of anilines is 1.